The van der Waals surface area contributed by atoms with Crippen LogP contribution in [0.4, 0.5) is 0 Å². The summed E-state index contributed by atoms with van der Waals surface area (Å²) < 4.78 is 10.9. The molecule has 0 aliphatic rings. The second-order valence-electron chi connectivity index (χ2n) is 7.13. The number of likely N-dealkylation sites (N-methyl/N-ethyl adjacent to an activating group) is 1. The smallest absolute Gasteiger partial charge is 0.228 e. The first-order valence-corrected chi connectivity index (χ1v) is 9.46. The first kappa shape index (κ1) is 20.6. The van der Waals surface area contributed by atoms with E-state index < -0.39 is 6.10 Å². The zero-order valence-electron chi connectivity index (χ0n) is 17.2. The van der Waals surface area contributed by atoms with Crippen LogP contribution in [0.3, 0.4) is 0 Å². The van der Waals surface area contributed by atoms with E-state index in [1.54, 1.807) is 45.3 Å². The summed E-state index contributed by atoms with van der Waals surface area (Å²) in [6.07, 6.45) is -0.663. The van der Waals surface area contributed by atoms with Crippen LogP contribution >= 0.6 is 0 Å². The SMILES string of the molecule is COc1ccc(C(O)CN(C)C(=O)Cc2nc(-c3cccc(C)c3)oc2C)cc1. The van der Waals surface area contributed by atoms with Crippen LogP contribution in [0.25, 0.3) is 11.5 Å². The summed E-state index contributed by atoms with van der Waals surface area (Å²) in [6, 6.07) is 15.0. The first-order chi connectivity index (χ1) is 13.9. The molecule has 152 valence electrons. The quantitative estimate of drug-likeness (QED) is 0.661. The van der Waals surface area contributed by atoms with E-state index in [0.29, 0.717) is 17.3 Å². The van der Waals surface area contributed by atoms with E-state index in [1.807, 2.05) is 31.2 Å². The molecule has 0 bridgehead atoms. The number of hydrogen-bond donors (Lipinski definition) is 1. The summed E-state index contributed by atoms with van der Waals surface area (Å²) in [5.74, 6) is 1.72. The zero-order chi connectivity index (χ0) is 21.0. The molecule has 1 N–H and O–H groups in total. The Labute approximate surface area is 170 Å². The number of oxazole rings is 1. The summed E-state index contributed by atoms with van der Waals surface area (Å²) >= 11 is 0. The third-order valence-electron chi connectivity index (χ3n) is 4.85. The van der Waals surface area contributed by atoms with E-state index in [1.165, 1.54) is 4.90 Å². The van der Waals surface area contributed by atoms with E-state index in [9.17, 15) is 9.90 Å². The van der Waals surface area contributed by atoms with Gasteiger partial charge in [-0.25, -0.2) is 4.98 Å². The fourth-order valence-corrected chi connectivity index (χ4v) is 3.06. The third kappa shape index (κ3) is 5.03. The lowest BCUT2D eigenvalue weighted by Gasteiger charge is -2.21. The Morgan fingerprint density at radius 3 is 2.59 bits per heavy atom. The van der Waals surface area contributed by atoms with Gasteiger partial charge >= 0.3 is 0 Å². The highest BCUT2D eigenvalue weighted by Gasteiger charge is 2.19. The number of ether oxygens (including phenoxy) is 1. The second kappa shape index (κ2) is 8.92. The van der Waals surface area contributed by atoms with Crippen molar-refractivity contribution in [3.8, 4) is 17.2 Å². The number of rotatable bonds is 7. The van der Waals surface area contributed by atoms with Gasteiger partial charge in [-0.05, 0) is 43.7 Å². The highest BCUT2D eigenvalue weighted by Crippen LogP contribution is 2.23. The van der Waals surface area contributed by atoms with Crippen molar-refractivity contribution in [2.75, 3.05) is 20.7 Å². The number of aliphatic hydroxyl groups is 1. The lowest BCUT2D eigenvalue weighted by Crippen LogP contribution is -2.32. The summed E-state index contributed by atoms with van der Waals surface area (Å²) in [5.41, 5.74) is 3.33. The average molecular weight is 394 g/mol. The molecule has 3 rings (SSSR count). The lowest BCUT2D eigenvalue weighted by atomic mass is 10.1. The van der Waals surface area contributed by atoms with Gasteiger partial charge in [0.1, 0.15) is 11.5 Å². The molecule has 0 saturated heterocycles. The largest absolute Gasteiger partial charge is 0.497 e. The van der Waals surface area contributed by atoms with E-state index >= 15 is 0 Å². The van der Waals surface area contributed by atoms with Crippen molar-refractivity contribution in [1.82, 2.24) is 9.88 Å². The van der Waals surface area contributed by atoms with Crippen molar-refractivity contribution < 1.29 is 19.1 Å². The highest BCUT2D eigenvalue weighted by atomic mass is 16.5. The Hall–Kier alpha value is -3.12. The van der Waals surface area contributed by atoms with Gasteiger partial charge < -0.3 is 19.2 Å². The second-order valence-corrected chi connectivity index (χ2v) is 7.13. The molecular formula is C23H26N2O4. The fraction of sp³-hybridized carbons (Fsp3) is 0.304. The van der Waals surface area contributed by atoms with E-state index in [-0.39, 0.29) is 18.9 Å². The number of carbonyl (C=O) groups excluding carboxylic acids is 1. The summed E-state index contributed by atoms with van der Waals surface area (Å²) in [4.78, 5) is 18.7. The maximum Gasteiger partial charge on any atom is 0.228 e. The molecule has 2 aromatic carbocycles. The number of benzene rings is 2. The van der Waals surface area contributed by atoms with E-state index in [4.69, 9.17) is 9.15 Å². The minimum Gasteiger partial charge on any atom is -0.497 e. The first-order valence-electron chi connectivity index (χ1n) is 9.46. The van der Waals surface area contributed by atoms with Crippen LogP contribution in [0.15, 0.2) is 52.9 Å². The van der Waals surface area contributed by atoms with Gasteiger partial charge in [-0.15, -0.1) is 0 Å². The molecule has 29 heavy (non-hydrogen) atoms. The zero-order valence-corrected chi connectivity index (χ0v) is 17.2. The van der Waals surface area contributed by atoms with Crippen molar-refractivity contribution in [2.45, 2.75) is 26.4 Å². The maximum atomic E-state index is 12.6. The molecular weight excluding hydrogens is 368 g/mol. The molecule has 0 radical (unpaired) electrons. The van der Waals surface area contributed by atoms with Gasteiger partial charge in [-0.2, -0.15) is 0 Å². The van der Waals surface area contributed by atoms with Crippen molar-refractivity contribution in [3.05, 3.63) is 71.1 Å². The third-order valence-corrected chi connectivity index (χ3v) is 4.85. The molecule has 0 aliphatic carbocycles. The highest BCUT2D eigenvalue weighted by molar-refractivity contribution is 5.78. The normalized spacial score (nSPS) is 11.9. The molecule has 1 aromatic heterocycles. The molecule has 3 aromatic rings. The summed E-state index contributed by atoms with van der Waals surface area (Å²) in [7, 11) is 3.26. The number of aryl methyl sites for hydroxylation is 2. The lowest BCUT2D eigenvalue weighted by molar-refractivity contribution is -0.130. The Morgan fingerprint density at radius 1 is 1.21 bits per heavy atom. The fourth-order valence-electron chi connectivity index (χ4n) is 3.06. The number of hydrogen-bond acceptors (Lipinski definition) is 5. The molecule has 0 spiro atoms. The number of amides is 1. The Kier molecular flexibility index (Phi) is 6.34. The van der Waals surface area contributed by atoms with Crippen LogP contribution in [-0.2, 0) is 11.2 Å². The Bertz CT molecular complexity index is 979. The topological polar surface area (TPSA) is 75.8 Å². The molecule has 1 amide bonds. The van der Waals surface area contributed by atoms with E-state index in [0.717, 1.165) is 22.4 Å². The monoisotopic (exact) mass is 394 g/mol. The number of nitrogens with zero attached hydrogens (tertiary/aromatic N) is 2. The predicted octanol–water partition coefficient (Wildman–Crippen LogP) is 3.70. The molecule has 0 aliphatic heterocycles. The van der Waals surface area contributed by atoms with Crippen LogP contribution in [0.2, 0.25) is 0 Å². The van der Waals surface area contributed by atoms with Crippen molar-refractivity contribution in [3.63, 3.8) is 0 Å². The molecule has 1 atom stereocenters. The van der Waals surface area contributed by atoms with Gasteiger partial charge in [0.2, 0.25) is 11.8 Å². The maximum absolute atomic E-state index is 12.6. The molecule has 1 unspecified atom stereocenters. The van der Waals surface area contributed by atoms with Crippen molar-refractivity contribution in [1.29, 1.82) is 0 Å². The van der Waals surface area contributed by atoms with Crippen LogP contribution in [-0.4, -0.2) is 41.6 Å². The standard InChI is InChI=1S/C23H26N2O4/c1-15-6-5-7-18(12-15)23-24-20(16(2)29-23)13-22(27)25(3)14-21(26)17-8-10-19(28-4)11-9-17/h5-12,21,26H,13-14H2,1-4H3. The number of aliphatic hydroxyl groups excluding tert-OH is 1. The molecule has 0 fully saturated rings. The number of methoxy groups -OCH3 is 1. The van der Waals surface area contributed by atoms with Gasteiger partial charge in [0.25, 0.3) is 0 Å². The van der Waals surface area contributed by atoms with Crippen LogP contribution < -0.4 is 4.74 Å². The van der Waals surface area contributed by atoms with Crippen molar-refractivity contribution >= 4 is 5.91 Å². The van der Waals surface area contributed by atoms with Gasteiger partial charge in [0.05, 0.1) is 31.9 Å². The van der Waals surface area contributed by atoms with Crippen LogP contribution in [0.1, 0.15) is 28.7 Å². The van der Waals surface area contributed by atoms with Gasteiger partial charge in [-0.1, -0.05) is 29.8 Å². The molecule has 6 heteroatoms. The average Bonchev–Trinajstić information content (AvgIpc) is 3.08. The minimum atomic E-state index is -0.781. The van der Waals surface area contributed by atoms with Crippen molar-refractivity contribution in [2.24, 2.45) is 0 Å². The van der Waals surface area contributed by atoms with Crippen LogP contribution in [0.5, 0.6) is 5.75 Å². The Morgan fingerprint density at radius 2 is 1.93 bits per heavy atom. The van der Waals surface area contributed by atoms with Gasteiger partial charge in [-0.3, -0.25) is 4.79 Å². The summed E-state index contributed by atoms with van der Waals surface area (Å²) in [6.45, 7) is 4.00. The number of aromatic nitrogens is 1. The van der Waals surface area contributed by atoms with Gasteiger partial charge in [0, 0.05) is 12.6 Å². The number of carbonyl (C=O) groups is 1. The molecule has 0 saturated carbocycles. The van der Waals surface area contributed by atoms with Gasteiger partial charge in [0.15, 0.2) is 0 Å². The van der Waals surface area contributed by atoms with Crippen LogP contribution in [0, 0.1) is 13.8 Å². The minimum absolute atomic E-state index is 0.118. The molecule has 6 nitrogen and oxygen atoms in total. The predicted molar refractivity (Wildman–Crippen MR) is 111 cm³/mol. The summed E-state index contributed by atoms with van der Waals surface area (Å²) in [5, 5.41) is 10.4. The Balaban J connectivity index is 1.64. The molecule has 1 heterocycles. The van der Waals surface area contributed by atoms with E-state index in [2.05, 4.69) is 4.98 Å².